The molecule has 2 aliphatic rings. The highest BCUT2D eigenvalue weighted by molar-refractivity contribution is 5.83. The SMILES string of the molecule is C[C@H](N)C(=O)O.NC(=O)C[C@H](N)C(=O)O.NCCCC[C@H](N)C(=O)O.N[C@@H](CCC(=O)O)C(=O)O.O=C(O)[C@@H]1CCCN1.O=C(O)[C@@H]1CCCN1. The number of rotatable bonds is 15. The second-order valence-corrected chi connectivity index (χ2v) is 10.8. The molecule has 23 heteroatoms. The second kappa shape index (κ2) is 32.7. The maximum atomic E-state index is 10.1. The van der Waals surface area contributed by atoms with Crippen LogP contribution in [0.25, 0.3) is 0 Å². The molecule has 0 bridgehead atoms. The van der Waals surface area contributed by atoms with Crippen LogP contribution < -0.4 is 45.0 Å². The zero-order chi connectivity index (χ0) is 40.7. The van der Waals surface area contributed by atoms with Gasteiger partial charge in [-0.25, -0.2) is 0 Å². The van der Waals surface area contributed by atoms with Crippen molar-refractivity contribution in [2.45, 2.75) is 107 Å². The number of nitrogens with one attached hydrogen (secondary N) is 2. The molecule has 0 radical (unpaired) electrons. The van der Waals surface area contributed by atoms with E-state index in [2.05, 4.69) is 16.4 Å². The molecule has 0 aliphatic carbocycles. The van der Waals surface area contributed by atoms with Crippen molar-refractivity contribution in [1.29, 1.82) is 0 Å². The number of nitrogens with two attached hydrogens (primary N) is 6. The number of carbonyl (C=O) groups is 8. The molecular formula is C28H56N8O15. The minimum absolute atomic E-state index is 0.0231. The fourth-order valence-corrected chi connectivity index (χ4v) is 3.13. The van der Waals surface area contributed by atoms with Crippen LogP contribution in [0.4, 0.5) is 0 Å². The summed E-state index contributed by atoms with van der Waals surface area (Å²) < 4.78 is 0. The molecule has 21 N–H and O–H groups in total. The van der Waals surface area contributed by atoms with E-state index < -0.39 is 71.9 Å². The largest absolute Gasteiger partial charge is 0.481 e. The Morgan fingerprint density at radius 2 is 1.00 bits per heavy atom. The number of unbranched alkanes of at least 4 members (excludes halogenated alkanes) is 1. The van der Waals surface area contributed by atoms with Gasteiger partial charge in [-0.3, -0.25) is 38.4 Å². The molecule has 2 fully saturated rings. The highest BCUT2D eigenvalue weighted by Crippen LogP contribution is 2.04. The van der Waals surface area contributed by atoms with E-state index in [1.807, 2.05) is 0 Å². The van der Waals surface area contributed by atoms with Crippen LogP contribution in [0.1, 0.15) is 71.1 Å². The number of carboxylic acids is 7. The number of primary amides is 1. The third-order valence-corrected chi connectivity index (χ3v) is 6.12. The van der Waals surface area contributed by atoms with Crippen LogP contribution in [0.2, 0.25) is 0 Å². The summed E-state index contributed by atoms with van der Waals surface area (Å²) in [4.78, 5) is 79.8. The lowest BCUT2D eigenvalue weighted by molar-refractivity contribution is -0.141. The third kappa shape index (κ3) is 38.1. The van der Waals surface area contributed by atoms with Gasteiger partial charge in [0.15, 0.2) is 0 Å². The van der Waals surface area contributed by atoms with Gasteiger partial charge in [0.05, 0.1) is 6.42 Å². The number of carboxylic acid groups (broad SMARTS) is 7. The molecule has 0 spiro atoms. The summed E-state index contributed by atoms with van der Waals surface area (Å²) in [6.07, 6.45) is 5.20. The Hall–Kier alpha value is -4.52. The van der Waals surface area contributed by atoms with Gasteiger partial charge in [-0.05, 0) is 71.5 Å². The number of hydrogen-bond donors (Lipinski definition) is 15. The molecule has 298 valence electrons. The van der Waals surface area contributed by atoms with Gasteiger partial charge in [0.1, 0.15) is 36.3 Å². The molecule has 6 atom stereocenters. The van der Waals surface area contributed by atoms with Crippen molar-refractivity contribution in [2.75, 3.05) is 19.6 Å². The first-order valence-electron chi connectivity index (χ1n) is 15.6. The normalized spacial score (nSPS) is 17.7. The average Bonchev–Trinajstić information content (AvgIpc) is 3.77. The topological polar surface area (TPSA) is 458 Å². The summed E-state index contributed by atoms with van der Waals surface area (Å²) in [6.45, 7) is 3.74. The van der Waals surface area contributed by atoms with Crippen LogP contribution in [-0.4, -0.2) is 139 Å². The minimum atomic E-state index is -1.21. The van der Waals surface area contributed by atoms with E-state index in [1.165, 1.54) is 6.92 Å². The number of amides is 1. The van der Waals surface area contributed by atoms with Crippen LogP contribution in [-0.2, 0) is 38.4 Å². The second-order valence-electron chi connectivity index (χ2n) is 10.8. The highest BCUT2D eigenvalue weighted by atomic mass is 16.4. The molecular weight excluding hydrogens is 688 g/mol. The molecule has 51 heavy (non-hydrogen) atoms. The quantitative estimate of drug-likeness (QED) is 0.0713. The minimum Gasteiger partial charge on any atom is -0.481 e. The zero-order valence-electron chi connectivity index (χ0n) is 28.5. The van der Waals surface area contributed by atoms with Crippen LogP contribution in [0.5, 0.6) is 0 Å². The molecule has 0 aromatic rings. The highest BCUT2D eigenvalue weighted by Gasteiger charge is 2.21. The van der Waals surface area contributed by atoms with Crippen molar-refractivity contribution in [2.24, 2.45) is 34.4 Å². The fourth-order valence-electron chi connectivity index (χ4n) is 3.13. The standard InChI is InChI=1S/C6H14N2O2.C5H9NO4.2C5H9NO2.C4H8N2O3.C3H7NO2/c7-4-2-1-3-5(8)6(9)10;6-3(5(9)10)1-2-4(7)8;2*7-5(8)4-2-1-3-6-4;5-2(4(8)9)1-3(6)7;1-2(4)3(5)6/h5H,1-4,7-8H2,(H,9,10);3H,1-2,6H2,(H,7,8)(H,9,10);2*4,6H,1-3H2,(H,7,8);2H,1,5H2,(H2,6,7)(H,8,9);2H,4H2,1H3,(H,5,6)/t5-;3-;2*4-;2*2-/m000000/s1. The molecule has 2 heterocycles. The fraction of sp³-hybridized carbons (Fsp3) is 0.714. The Morgan fingerprint density at radius 1 is 0.627 bits per heavy atom. The zero-order valence-corrected chi connectivity index (χ0v) is 28.5. The molecule has 0 saturated carbocycles. The van der Waals surface area contributed by atoms with Gasteiger partial charge in [-0.15, -0.1) is 0 Å². The van der Waals surface area contributed by atoms with Crippen LogP contribution >= 0.6 is 0 Å². The first-order valence-corrected chi connectivity index (χ1v) is 15.6. The predicted molar refractivity (Wildman–Crippen MR) is 179 cm³/mol. The summed E-state index contributed by atoms with van der Waals surface area (Å²) in [5.74, 6) is -7.45. The molecule has 1 amide bonds. The van der Waals surface area contributed by atoms with Crippen LogP contribution in [0.3, 0.4) is 0 Å². The molecule has 0 unspecified atom stereocenters. The van der Waals surface area contributed by atoms with Gasteiger partial charge in [-0.1, -0.05) is 6.42 Å². The van der Waals surface area contributed by atoms with E-state index >= 15 is 0 Å². The van der Waals surface area contributed by atoms with E-state index in [-0.39, 0.29) is 31.3 Å². The van der Waals surface area contributed by atoms with Crippen LogP contribution in [0.15, 0.2) is 0 Å². The smallest absolute Gasteiger partial charge is 0.321 e. The predicted octanol–water partition coefficient (Wildman–Crippen LogP) is -3.87. The van der Waals surface area contributed by atoms with Crippen molar-refractivity contribution < 1.29 is 74.1 Å². The van der Waals surface area contributed by atoms with Crippen molar-refractivity contribution >= 4 is 47.7 Å². The number of hydrogen-bond acceptors (Lipinski definition) is 15. The van der Waals surface area contributed by atoms with Crippen molar-refractivity contribution in [3.05, 3.63) is 0 Å². The lowest BCUT2D eigenvalue weighted by Crippen LogP contribution is -2.34. The van der Waals surface area contributed by atoms with Gasteiger partial charge < -0.3 is 80.8 Å². The Kier molecular flexibility index (Phi) is 34.1. The van der Waals surface area contributed by atoms with Gasteiger partial charge >= 0.3 is 41.8 Å². The van der Waals surface area contributed by atoms with E-state index in [9.17, 15) is 38.4 Å². The molecule has 2 rings (SSSR count). The summed E-state index contributed by atoms with van der Waals surface area (Å²) in [5, 5.41) is 63.0. The monoisotopic (exact) mass is 744 g/mol. The molecule has 2 saturated heterocycles. The Morgan fingerprint density at radius 3 is 1.20 bits per heavy atom. The van der Waals surface area contributed by atoms with Gasteiger partial charge in [0, 0.05) is 6.42 Å². The molecule has 0 aromatic heterocycles. The summed E-state index contributed by atoms with van der Waals surface area (Å²) >= 11 is 0. The maximum absolute atomic E-state index is 10.1. The van der Waals surface area contributed by atoms with E-state index in [0.717, 1.165) is 51.6 Å². The Balaban J connectivity index is -0.000000261. The van der Waals surface area contributed by atoms with Crippen molar-refractivity contribution in [3.8, 4) is 0 Å². The molecule has 23 nitrogen and oxygen atoms in total. The average molecular weight is 745 g/mol. The first-order chi connectivity index (χ1) is 23.5. The first kappa shape index (κ1) is 53.3. The van der Waals surface area contributed by atoms with Gasteiger partial charge in [0.2, 0.25) is 5.91 Å². The number of carbonyl (C=O) groups excluding carboxylic acids is 1. The van der Waals surface area contributed by atoms with Crippen molar-refractivity contribution in [1.82, 2.24) is 10.6 Å². The third-order valence-electron chi connectivity index (χ3n) is 6.12. The molecule has 0 aromatic carbocycles. The van der Waals surface area contributed by atoms with E-state index in [1.54, 1.807) is 0 Å². The van der Waals surface area contributed by atoms with Gasteiger partial charge in [0.25, 0.3) is 0 Å². The number of aliphatic carboxylic acids is 7. The summed E-state index contributed by atoms with van der Waals surface area (Å²) in [7, 11) is 0. The summed E-state index contributed by atoms with van der Waals surface area (Å²) in [6, 6.07) is -4.21. The van der Waals surface area contributed by atoms with E-state index in [4.69, 9.17) is 64.4 Å². The van der Waals surface area contributed by atoms with Crippen LogP contribution in [0, 0.1) is 0 Å². The van der Waals surface area contributed by atoms with Gasteiger partial charge in [-0.2, -0.15) is 0 Å². The van der Waals surface area contributed by atoms with E-state index in [0.29, 0.717) is 13.0 Å². The Bertz CT molecular complexity index is 1030. The lowest BCUT2D eigenvalue weighted by Gasteiger charge is -2.03. The lowest BCUT2D eigenvalue weighted by atomic mass is 10.1. The van der Waals surface area contributed by atoms with Crippen molar-refractivity contribution in [3.63, 3.8) is 0 Å². The Labute approximate surface area is 294 Å². The molecule has 2 aliphatic heterocycles. The summed E-state index contributed by atoms with van der Waals surface area (Å²) in [5.41, 5.74) is 29.8. The maximum Gasteiger partial charge on any atom is 0.321 e.